The van der Waals surface area contributed by atoms with E-state index in [1.165, 1.54) is 0 Å². The van der Waals surface area contributed by atoms with Crippen LogP contribution in [0.4, 0.5) is 4.79 Å². The van der Waals surface area contributed by atoms with Gasteiger partial charge in [-0.05, 0) is 59.3 Å². The number of hydrogen-bond acceptors (Lipinski definition) is 7. The fourth-order valence-corrected chi connectivity index (χ4v) is 4.49. The number of nitrogens with zero attached hydrogens (tertiary/aromatic N) is 3. The maximum atomic E-state index is 13.1. The van der Waals surface area contributed by atoms with Crippen molar-refractivity contribution in [2.45, 2.75) is 71.4 Å². The third-order valence-corrected chi connectivity index (χ3v) is 6.24. The molecule has 2 N–H and O–H groups in total. The van der Waals surface area contributed by atoms with Gasteiger partial charge in [0.1, 0.15) is 17.8 Å². The van der Waals surface area contributed by atoms with Gasteiger partial charge in [-0.15, -0.1) is 0 Å². The highest BCUT2D eigenvalue weighted by Crippen LogP contribution is 2.44. The second kappa shape index (κ2) is 9.11. The van der Waals surface area contributed by atoms with Crippen LogP contribution in [-0.2, 0) is 19.1 Å². The fraction of sp³-hybridized carbons (Fsp3) is 0.739. The third-order valence-electron chi connectivity index (χ3n) is 6.24. The molecule has 1 saturated heterocycles. The van der Waals surface area contributed by atoms with Crippen LogP contribution in [0, 0.1) is 5.92 Å². The van der Waals surface area contributed by atoms with Gasteiger partial charge in [0.2, 0.25) is 5.91 Å². The summed E-state index contributed by atoms with van der Waals surface area (Å²) >= 11 is 0. The molecule has 0 aromatic carbocycles. The highest BCUT2D eigenvalue weighted by Gasteiger charge is 2.54. The summed E-state index contributed by atoms with van der Waals surface area (Å²) in [6.45, 7) is 10.9. The highest BCUT2D eigenvalue weighted by molar-refractivity contribution is 6.08. The van der Waals surface area contributed by atoms with Crippen LogP contribution >= 0.6 is 0 Å². The molecule has 1 spiro atoms. The SMILES string of the molecule is CCOC(=O)/C(N)=C1/C(=NCC(=O)N2CCN(C(=O)OC(C)(C)C)CC23CC3)CC[C@@H]1C. The Hall–Kier alpha value is -2.58. The number of ether oxygens (including phenoxy) is 2. The molecule has 0 aromatic heterocycles. The van der Waals surface area contributed by atoms with Gasteiger partial charge in [0, 0.05) is 30.9 Å². The molecule has 1 aliphatic heterocycles. The molecule has 0 radical (unpaired) electrons. The first kappa shape index (κ1) is 24.1. The average molecular weight is 449 g/mol. The van der Waals surface area contributed by atoms with Gasteiger partial charge in [0.15, 0.2) is 0 Å². The first-order chi connectivity index (χ1) is 15.0. The van der Waals surface area contributed by atoms with Gasteiger partial charge in [-0.2, -0.15) is 0 Å². The van der Waals surface area contributed by atoms with E-state index < -0.39 is 11.6 Å². The van der Waals surface area contributed by atoms with Crippen LogP contribution in [0.1, 0.15) is 60.3 Å². The second-order valence-corrected chi connectivity index (χ2v) is 9.92. The molecule has 32 heavy (non-hydrogen) atoms. The zero-order valence-electron chi connectivity index (χ0n) is 19.9. The van der Waals surface area contributed by atoms with E-state index in [-0.39, 0.29) is 42.3 Å². The Balaban J connectivity index is 1.66. The molecule has 9 nitrogen and oxygen atoms in total. The van der Waals surface area contributed by atoms with Crippen molar-refractivity contribution in [3.8, 4) is 0 Å². The Kier molecular flexibility index (Phi) is 6.86. The largest absolute Gasteiger partial charge is 0.461 e. The average Bonchev–Trinajstić information content (AvgIpc) is 3.36. The van der Waals surface area contributed by atoms with Crippen LogP contribution in [0.2, 0.25) is 0 Å². The van der Waals surface area contributed by atoms with Crippen molar-refractivity contribution in [1.29, 1.82) is 0 Å². The number of rotatable bonds is 4. The van der Waals surface area contributed by atoms with Crippen molar-refractivity contribution < 1.29 is 23.9 Å². The second-order valence-electron chi connectivity index (χ2n) is 9.92. The maximum absolute atomic E-state index is 13.1. The van der Waals surface area contributed by atoms with Crippen molar-refractivity contribution >= 4 is 23.7 Å². The maximum Gasteiger partial charge on any atom is 0.410 e. The Morgan fingerprint density at radius 2 is 1.91 bits per heavy atom. The van der Waals surface area contributed by atoms with E-state index in [9.17, 15) is 14.4 Å². The standard InChI is InChI=1S/C23H36N4O5/c1-6-31-20(29)19(24)18-15(2)7-8-16(18)25-13-17(28)27-12-11-26(14-23(27)9-10-23)21(30)32-22(3,4)5/h15H,6-14,24H2,1-5H3/b19-18-,25-16?/t15-/m0/s1. The lowest BCUT2D eigenvalue weighted by Crippen LogP contribution is -2.59. The normalized spacial score (nSPS) is 25.2. The Morgan fingerprint density at radius 3 is 2.50 bits per heavy atom. The number of piperazine rings is 1. The van der Waals surface area contributed by atoms with E-state index in [1.54, 1.807) is 11.8 Å². The molecular weight excluding hydrogens is 412 g/mol. The fourth-order valence-electron chi connectivity index (χ4n) is 4.49. The minimum Gasteiger partial charge on any atom is -0.461 e. The number of aliphatic imine (C=N–C) groups is 1. The molecule has 2 aliphatic carbocycles. The van der Waals surface area contributed by atoms with Gasteiger partial charge in [0.25, 0.3) is 0 Å². The van der Waals surface area contributed by atoms with Crippen LogP contribution in [0.5, 0.6) is 0 Å². The molecule has 3 fully saturated rings. The van der Waals surface area contributed by atoms with Gasteiger partial charge < -0.3 is 25.0 Å². The number of nitrogens with two attached hydrogens (primary N) is 1. The number of allylic oxidation sites excluding steroid dienone is 1. The lowest BCUT2D eigenvalue weighted by atomic mass is 10.0. The van der Waals surface area contributed by atoms with E-state index in [0.29, 0.717) is 37.3 Å². The Bertz CT molecular complexity index is 838. The lowest BCUT2D eigenvalue weighted by Gasteiger charge is -2.42. The zero-order chi connectivity index (χ0) is 23.7. The smallest absolute Gasteiger partial charge is 0.410 e. The minimum absolute atomic E-state index is 0.00977. The summed E-state index contributed by atoms with van der Waals surface area (Å²) in [5, 5.41) is 0. The first-order valence-corrected chi connectivity index (χ1v) is 11.5. The van der Waals surface area contributed by atoms with Crippen LogP contribution in [-0.4, -0.2) is 77.4 Å². The Labute approximate surface area is 190 Å². The van der Waals surface area contributed by atoms with E-state index in [4.69, 9.17) is 15.2 Å². The molecule has 178 valence electrons. The molecule has 0 aromatic rings. The van der Waals surface area contributed by atoms with Gasteiger partial charge in [-0.25, -0.2) is 9.59 Å². The number of carbonyl (C=O) groups excluding carboxylic acids is 3. The van der Waals surface area contributed by atoms with Gasteiger partial charge in [-0.3, -0.25) is 9.79 Å². The van der Waals surface area contributed by atoms with E-state index in [1.807, 2.05) is 32.6 Å². The van der Waals surface area contributed by atoms with E-state index in [0.717, 1.165) is 19.3 Å². The quantitative estimate of drug-likeness (QED) is 0.521. The number of hydrogen-bond donors (Lipinski definition) is 1. The van der Waals surface area contributed by atoms with Gasteiger partial charge in [0.05, 0.1) is 12.1 Å². The van der Waals surface area contributed by atoms with Crippen molar-refractivity contribution in [3.05, 3.63) is 11.3 Å². The van der Waals surface area contributed by atoms with E-state index >= 15 is 0 Å². The monoisotopic (exact) mass is 448 g/mol. The molecule has 0 bridgehead atoms. The number of amides is 2. The van der Waals surface area contributed by atoms with Crippen molar-refractivity contribution in [3.63, 3.8) is 0 Å². The summed E-state index contributed by atoms with van der Waals surface area (Å²) in [7, 11) is 0. The van der Waals surface area contributed by atoms with Crippen LogP contribution < -0.4 is 5.73 Å². The molecule has 2 amide bonds. The molecule has 3 aliphatic rings. The predicted molar refractivity (Wildman–Crippen MR) is 120 cm³/mol. The Morgan fingerprint density at radius 1 is 1.22 bits per heavy atom. The van der Waals surface area contributed by atoms with Gasteiger partial charge >= 0.3 is 12.1 Å². The molecule has 0 unspecified atom stereocenters. The highest BCUT2D eigenvalue weighted by atomic mass is 16.6. The summed E-state index contributed by atoms with van der Waals surface area (Å²) in [6.07, 6.45) is 2.92. The van der Waals surface area contributed by atoms with E-state index in [2.05, 4.69) is 4.99 Å². The van der Waals surface area contributed by atoms with Crippen molar-refractivity contribution in [1.82, 2.24) is 9.80 Å². The lowest BCUT2D eigenvalue weighted by molar-refractivity contribution is -0.138. The number of carbonyl (C=O) groups is 3. The zero-order valence-corrected chi connectivity index (χ0v) is 19.9. The molecule has 3 rings (SSSR count). The predicted octanol–water partition coefficient (Wildman–Crippen LogP) is 2.25. The topological polar surface area (TPSA) is 115 Å². The van der Waals surface area contributed by atoms with Crippen LogP contribution in [0.15, 0.2) is 16.3 Å². The number of esters is 1. The van der Waals surface area contributed by atoms with Crippen LogP contribution in [0.25, 0.3) is 0 Å². The van der Waals surface area contributed by atoms with Crippen molar-refractivity contribution in [2.75, 3.05) is 32.8 Å². The van der Waals surface area contributed by atoms with Crippen molar-refractivity contribution in [2.24, 2.45) is 16.6 Å². The minimum atomic E-state index is -0.550. The molecular formula is C23H36N4O5. The summed E-state index contributed by atoms with van der Waals surface area (Å²) < 4.78 is 10.5. The molecule has 1 heterocycles. The summed E-state index contributed by atoms with van der Waals surface area (Å²) in [6, 6.07) is 0. The summed E-state index contributed by atoms with van der Waals surface area (Å²) in [5.41, 5.74) is 6.71. The molecule has 9 heteroatoms. The molecule has 1 atom stereocenters. The first-order valence-electron chi connectivity index (χ1n) is 11.5. The van der Waals surface area contributed by atoms with Gasteiger partial charge in [-0.1, -0.05) is 6.92 Å². The summed E-state index contributed by atoms with van der Waals surface area (Å²) in [5.74, 6) is -0.502. The summed E-state index contributed by atoms with van der Waals surface area (Å²) in [4.78, 5) is 45.7. The third kappa shape index (κ3) is 5.24. The molecule has 2 saturated carbocycles. The van der Waals surface area contributed by atoms with Crippen LogP contribution in [0.3, 0.4) is 0 Å².